The highest BCUT2D eigenvalue weighted by molar-refractivity contribution is 7.80. The Bertz CT molecular complexity index is 474. The molecule has 0 radical (unpaired) electrons. The smallest absolute Gasteiger partial charge is 0.234 e. The van der Waals surface area contributed by atoms with E-state index in [1.807, 2.05) is 32.9 Å². The molecule has 0 aliphatic rings. The summed E-state index contributed by atoms with van der Waals surface area (Å²) in [5, 5.41) is 3.27. The topological polar surface area (TPSA) is 55.1 Å². The van der Waals surface area contributed by atoms with E-state index in [4.69, 9.17) is 29.6 Å². The summed E-state index contributed by atoms with van der Waals surface area (Å²) >= 11 is 11.0. The number of benzene rings is 1. The SMILES string of the molecule is Cc1ccc(Cl)c(NC(=O)C(C(N)=S)C(C)C)c1. The maximum Gasteiger partial charge on any atom is 0.234 e. The van der Waals surface area contributed by atoms with E-state index < -0.39 is 5.92 Å². The Morgan fingerprint density at radius 3 is 2.56 bits per heavy atom. The fourth-order valence-corrected chi connectivity index (χ4v) is 2.25. The van der Waals surface area contributed by atoms with E-state index in [2.05, 4.69) is 5.32 Å². The van der Waals surface area contributed by atoms with Crippen molar-refractivity contribution in [1.29, 1.82) is 0 Å². The second-order valence-electron chi connectivity index (χ2n) is 4.60. The minimum atomic E-state index is -0.489. The van der Waals surface area contributed by atoms with Crippen molar-refractivity contribution in [2.75, 3.05) is 5.32 Å². The number of amides is 1. The van der Waals surface area contributed by atoms with Crippen molar-refractivity contribution in [3.8, 4) is 0 Å². The normalized spacial score (nSPS) is 12.3. The Hall–Kier alpha value is -1.13. The molecule has 0 fully saturated rings. The summed E-state index contributed by atoms with van der Waals surface area (Å²) in [5.41, 5.74) is 7.20. The van der Waals surface area contributed by atoms with Gasteiger partial charge in [-0.1, -0.05) is 43.7 Å². The van der Waals surface area contributed by atoms with Crippen LogP contribution in [0.4, 0.5) is 5.69 Å². The van der Waals surface area contributed by atoms with Crippen LogP contribution in [0.25, 0.3) is 0 Å². The molecule has 0 spiro atoms. The van der Waals surface area contributed by atoms with E-state index in [0.717, 1.165) is 5.56 Å². The van der Waals surface area contributed by atoms with Crippen molar-refractivity contribution in [3.63, 3.8) is 0 Å². The second-order valence-corrected chi connectivity index (χ2v) is 5.48. The van der Waals surface area contributed by atoms with Gasteiger partial charge in [-0.25, -0.2) is 0 Å². The van der Waals surface area contributed by atoms with Gasteiger partial charge in [-0.15, -0.1) is 0 Å². The van der Waals surface area contributed by atoms with Crippen molar-refractivity contribution in [2.45, 2.75) is 20.8 Å². The van der Waals surface area contributed by atoms with Gasteiger partial charge in [0.2, 0.25) is 5.91 Å². The zero-order chi connectivity index (χ0) is 13.9. The molecule has 1 atom stereocenters. The third kappa shape index (κ3) is 3.68. The second kappa shape index (κ2) is 6.16. The van der Waals surface area contributed by atoms with Gasteiger partial charge in [0.1, 0.15) is 0 Å². The molecular weight excluding hydrogens is 268 g/mol. The van der Waals surface area contributed by atoms with E-state index in [-0.39, 0.29) is 16.8 Å². The van der Waals surface area contributed by atoms with Gasteiger partial charge in [0, 0.05) is 0 Å². The average molecular weight is 285 g/mol. The zero-order valence-corrected chi connectivity index (χ0v) is 12.2. The number of nitrogens with two attached hydrogens (primary N) is 1. The Balaban J connectivity index is 2.92. The van der Waals surface area contributed by atoms with E-state index in [1.165, 1.54) is 0 Å². The number of aryl methyl sites for hydroxylation is 1. The molecule has 0 aliphatic carbocycles. The molecule has 0 aliphatic heterocycles. The fourth-order valence-electron chi connectivity index (χ4n) is 1.71. The summed E-state index contributed by atoms with van der Waals surface area (Å²) in [7, 11) is 0. The molecule has 1 aromatic rings. The van der Waals surface area contributed by atoms with Crippen LogP contribution in [-0.4, -0.2) is 10.9 Å². The van der Waals surface area contributed by atoms with E-state index in [0.29, 0.717) is 10.7 Å². The number of hydrogen-bond acceptors (Lipinski definition) is 2. The van der Waals surface area contributed by atoms with Gasteiger partial charge < -0.3 is 11.1 Å². The predicted octanol–water partition coefficient (Wildman–Crippen LogP) is 3.15. The third-order valence-corrected chi connectivity index (χ3v) is 3.22. The van der Waals surface area contributed by atoms with Crippen LogP contribution < -0.4 is 11.1 Å². The van der Waals surface area contributed by atoms with Crippen LogP contribution in [0, 0.1) is 18.8 Å². The van der Waals surface area contributed by atoms with Crippen molar-refractivity contribution in [2.24, 2.45) is 17.6 Å². The molecule has 3 N–H and O–H groups in total. The first kappa shape index (κ1) is 14.9. The molecule has 1 unspecified atom stereocenters. The highest BCUT2D eigenvalue weighted by atomic mass is 35.5. The summed E-state index contributed by atoms with van der Waals surface area (Å²) in [5.74, 6) is -0.660. The third-order valence-electron chi connectivity index (χ3n) is 2.64. The number of halogens is 1. The lowest BCUT2D eigenvalue weighted by Crippen LogP contribution is -2.36. The average Bonchev–Trinajstić information content (AvgIpc) is 2.22. The van der Waals surface area contributed by atoms with Crippen molar-refractivity contribution in [3.05, 3.63) is 28.8 Å². The zero-order valence-electron chi connectivity index (χ0n) is 10.7. The van der Waals surface area contributed by atoms with Crippen LogP contribution >= 0.6 is 23.8 Å². The fraction of sp³-hybridized carbons (Fsp3) is 0.385. The number of carbonyl (C=O) groups excluding carboxylic acids is 1. The molecule has 1 rings (SSSR count). The molecule has 1 amide bonds. The molecule has 0 saturated carbocycles. The highest BCUT2D eigenvalue weighted by Crippen LogP contribution is 2.24. The molecule has 0 aromatic heterocycles. The first-order valence-electron chi connectivity index (χ1n) is 5.69. The van der Waals surface area contributed by atoms with Gasteiger partial charge in [0.25, 0.3) is 0 Å². The lowest BCUT2D eigenvalue weighted by atomic mass is 9.95. The Morgan fingerprint density at radius 2 is 2.06 bits per heavy atom. The van der Waals surface area contributed by atoms with Crippen LogP contribution in [-0.2, 0) is 4.79 Å². The molecule has 0 bridgehead atoms. The summed E-state index contributed by atoms with van der Waals surface area (Å²) in [6.07, 6.45) is 0. The maximum absolute atomic E-state index is 12.1. The molecule has 3 nitrogen and oxygen atoms in total. The number of nitrogens with one attached hydrogen (secondary N) is 1. The quantitative estimate of drug-likeness (QED) is 0.835. The van der Waals surface area contributed by atoms with E-state index in [1.54, 1.807) is 6.07 Å². The number of hydrogen-bond donors (Lipinski definition) is 2. The molecular formula is C13H17ClN2OS. The number of anilines is 1. The number of rotatable bonds is 4. The first-order chi connectivity index (χ1) is 8.32. The molecule has 1 aromatic carbocycles. The first-order valence-corrected chi connectivity index (χ1v) is 6.48. The maximum atomic E-state index is 12.1. The van der Waals surface area contributed by atoms with E-state index in [9.17, 15) is 4.79 Å². The summed E-state index contributed by atoms with van der Waals surface area (Å²) < 4.78 is 0. The monoisotopic (exact) mass is 284 g/mol. The highest BCUT2D eigenvalue weighted by Gasteiger charge is 2.25. The molecule has 5 heteroatoms. The molecule has 0 saturated heterocycles. The summed E-state index contributed by atoms with van der Waals surface area (Å²) in [6, 6.07) is 5.44. The van der Waals surface area contributed by atoms with Gasteiger partial charge in [-0.3, -0.25) is 4.79 Å². The van der Waals surface area contributed by atoms with Crippen LogP contribution in [0.3, 0.4) is 0 Å². The van der Waals surface area contributed by atoms with Gasteiger partial charge >= 0.3 is 0 Å². The van der Waals surface area contributed by atoms with Crippen molar-refractivity contribution < 1.29 is 4.79 Å². The summed E-state index contributed by atoms with van der Waals surface area (Å²) in [4.78, 5) is 12.3. The summed E-state index contributed by atoms with van der Waals surface area (Å²) in [6.45, 7) is 5.74. The van der Waals surface area contributed by atoms with Crippen LogP contribution in [0.2, 0.25) is 5.02 Å². The van der Waals surface area contributed by atoms with Gasteiger partial charge in [-0.05, 0) is 30.5 Å². The van der Waals surface area contributed by atoms with E-state index >= 15 is 0 Å². The molecule has 18 heavy (non-hydrogen) atoms. The van der Waals surface area contributed by atoms with Gasteiger partial charge in [0.05, 0.1) is 21.6 Å². The number of carbonyl (C=O) groups is 1. The van der Waals surface area contributed by atoms with Crippen molar-refractivity contribution in [1.82, 2.24) is 0 Å². The minimum absolute atomic E-state index is 0.0473. The van der Waals surface area contributed by atoms with Crippen LogP contribution in [0.15, 0.2) is 18.2 Å². The van der Waals surface area contributed by atoms with Gasteiger partial charge in [0.15, 0.2) is 0 Å². The lowest BCUT2D eigenvalue weighted by molar-refractivity contribution is -0.118. The van der Waals surface area contributed by atoms with Gasteiger partial charge in [-0.2, -0.15) is 0 Å². The largest absolute Gasteiger partial charge is 0.393 e. The molecule has 98 valence electrons. The van der Waals surface area contributed by atoms with Crippen LogP contribution in [0.5, 0.6) is 0 Å². The lowest BCUT2D eigenvalue weighted by Gasteiger charge is -2.19. The standard InChI is InChI=1S/C13H17ClN2OS/c1-7(2)11(12(15)18)13(17)16-10-6-8(3)4-5-9(10)14/h4-7,11H,1-3H3,(H2,15,18)(H,16,17). The Morgan fingerprint density at radius 1 is 1.44 bits per heavy atom. The van der Waals surface area contributed by atoms with Crippen molar-refractivity contribution >= 4 is 40.4 Å². The minimum Gasteiger partial charge on any atom is -0.393 e. The molecule has 0 heterocycles. The Kier molecular flexibility index (Phi) is 5.11. The van der Waals surface area contributed by atoms with Crippen LogP contribution in [0.1, 0.15) is 19.4 Å². The number of thiocarbonyl (C=S) groups is 1. The Labute approximate surface area is 118 Å². The predicted molar refractivity (Wildman–Crippen MR) is 79.9 cm³/mol.